The third-order valence-electron chi connectivity index (χ3n) is 5.58. The van der Waals surface area contributed by atoms with Crippen LogP contribution in [-0.2, 0) is 6.54 Å². The van der Waals surface area contributed by atoms with E-state index in [-0.39, 0.29) is 0 Å². The van der Waals surface area contributed by atoms with E-state index < -0.39 is 5.60 Å². The average molecular weight is 430 g/mol. The molecule has 160 valence electrons. The number of pyridine rings is 1. The van der Waals surface area contributed by atoms with Crippen LogP contribution in [-0.4, -0.2) is 54.3 Å². The second-order valence-electron chi connectivity index (χ2n) is 8.21. The monoisotopic (exact) mass is 429 g/mol. The van der Waals surface area contributed by atoms with E-state index in [0.717, 1.165) is 22.6 Å². The Kier molecular flexibility index (Phi) is 6.08. The number of fused-ring (bicyclic) bond motifs is 1. The molecule has 4 rings (SSSR count). The zero-order valence-corrected chi connectivity index (χ0v) is 18.1. The van der Waals surface area contributed by atoms with Crippen molar-refractivity contribution in [3.8, 4) is 0 Å². The first-order valence-electron chi connectivity index (χ1n) is 10.3. The minimum absolute atomic E-state index is 0.301. The molecule has 0 radical (unpaired) electrons. The molecule has 30 heavy (non-hydrogen) atoms. The lowest BCUT2D eigenvalue weighted by atomic mass is 9.92. The number of nitrogens with one attached hydrogen (secondary N) is 2. The molecule has 1 aliphatic heterocycles. The fourth-order valence-electron chi connectivity index (χ4n) is 3.62. The van der Waals surface area contributed by atoms with Crippen molar-refractivity contribution >= 4 is 29.1 Å². The van der Waals surface area contributed by atoms with E-state index in [1.165, 1.54) is 0 Å². The van der Waals surface area contributed by atoms with E-state index in [1.54, 1.807) is 16.8 Å². The van der Waals surface area contributed by atoms with Crippen LogP contribution in [0.5, 0.6) is 0 Å². The van der Waals surface area contributed by atoms with Gasteiger partial charge in [0.25, 0.3) is 0 Å². The molecule has 9 heteroatoms. The molecule has 3 N–H and O–H groups in total. The van der Waals surface area contributed by atoms with E-state index in [0.29, 0.717) is 50.8 Å². The van der Waals surface area contributed by atoms with Gasteiger partial charge in [0.2, 0.25) is 0 Å². The summed E-state index contributed by atoms with van der Waals surface area (Å²) in [5, 5.41) is 22.2. The van der Waals surface area contributed by atoms with E-state index in [2.05, 4.69) is 34.6 Å². The highest BCUT2D eigenvalue weighted by atomic mass is 35.5. The molecule has 1 aliphatic rings. The van der Waals surface area contributed by atoms with Gasteiger partial charge in [-0.3, -0.25) is 4.98 Å². The van der Waals surface area contributed by atoms with Crippen molar-refractivity contribution in [2.24, 2.45) is 0 Å². The molecule has 1 fully saturated rings. The number of aromatic nitrogens is 4. The smallest absolute Gasteiger partial charge is 0.163 e. The second kappa shape index (κ2) is 8.75. The summed E-state index contributed by atoms with van der Waals surface area (Å²) in [6.45, 7) is 6.68. The Hall–Kier alpha value is -2.42. The van der Waals surface area contributed by atoms with Gasteiger partial charge in [-0.15, -0.1) is 0 Å². The van der Waals surface area contributed by atoms with Crippen molar-refractivity contribution < 1.29 is 5.11 Å². The number of nitrogens with zero attached hydrogens (tertiary/aromatic N) is 5. The van der Waals surface area contributed by atoms with Crippen LogP contribution in [0.25, 0.3) is 5.65 Å². The first kappa shape index (κ1) is 20.8. The lowest BCUT2D eigenvalue weighted by molar-refractivity contribution is 0.00732. The largest absolute Gasteiger partial charge is 0.388 e. The molecule has 0 aromatic carbocycles. The molecule has 3 aromatic heterocycles. The molecular weight excluding hydrogens is 402 g/mol. The summed E-state index contributed by atoms with van der Waals surface area (Å²) in [6, 6.07) is 5.89. The Morgan fingerprint density at radius 3 is 2.63 bits per heavy atom. The number of anilines is 2. The molecule has 4 heterocycles. The van der Waals surface area contributed by atoms with Crippen LogP contribution >= 0.6 is 11.8 Å². The summed E-state index contributed by atoms with van der Waals surface area (Å²) in [4.78, 5) is 8.86. The van der Waals surface area contributed by atoms with Crippen molar-refractivity contribution in [1.82, 2.24) is 24.0 Å². The quantitative estimate of drug-likeness (QED) is 0.496. The normalized spacial score (nSPS) is 16.8. The first-order chi connectivity index (χ1) is 14.4. The maximum Gasteiger partial charge on any atom is 0.163 e. The van der Waals surface area contributed by atoms with E-state index in [1.807, 2.05) is 28.9 Å². The molecular formula is C21H28ClN7O. The SMILES string of the molecule is CC(C)c1cnn2c(NCc3ccncc3)cc(NCC3(O)CCN(Cl)CC3)nc12. The highest BCUT2D eigenvalue weighted by molar-refractivity contribution is 6.13. The molecule has 0 atom stereocenters. The number of rotatable bonds is 7. The summed E-state index contributed by atoms with van der Waals surface area (Å²) in [7, 11) is 0. The van der Waals surface area contributed by atoms with Crippen LogP contribution in [0.1, 0.15) is 43.7 Å². The predicted molar refractivity (Wildman–Crippen MR) is 119 cm³/mol. The molecule has 0 amide bonds. The Balaban J connectivity index is 1.58. The minimum Gasteiger partial charge on any atom is -0.388 e. The van der Waals surface area contributed by atoms with Crippen LogP contribution in [0.3, 0.4) is 0 Å². The van der Waals surface area contributed by atoms with E-state index in [9.17, 15) is 5.11 Å². The summed E-state index contributed by atoms with van der Waals surface area (Å²) in [5.41, 5.74) is 2.24. The highest BCUT2D eigenvalue weighted by Gasteiger charge is 2.31. The lowest BCUT2D eigenvalue weighted by Crippen LogP contribution is -2.45. The molecule has 8 nitrogen and oxygen atoms in total. The van der Waals surface area contributed by atoms with Gasteiger partial charge < -0.3 is 15.7 Å². The number of piperidine rings is 1. The fourth-order valence-corrected chi connectivity index (χ4v) is 3.79. The Bertz CT molecular complexity index is 984. The topological polar surface area (TPSA) is 90.6 Å². The van der Waals surface area contributed by atoms with Crippen molar-refractivity contribution in [2.75, 3.05) is 30.3 Å². The van der Waals surface area contributed by atoms with Crippen molar-refractivity contribution in [2.45, 2.75) is 44.8 Å². The van der Waals surface area contributed by atoms with Crippen LogP contribution in [0.15, 0.2) is 36.8 Å². The fraction of sp³-hybridized carbons (Fsp3) is 0.476. The van der Waals surface area contributed by atoms with Gasteiger partial charge in [0, 0.05) is 50.2 Å². The third kappa shape index (κ3) is 4.66. The van der Waals surface area contributed by atoms with Crippen molar-refractivity contribution in [3.05, 3.63) is 47.9 Å². The Morgan fingerprint density at radius 1 is 1.20 bits per heavy atom. The number of hydrogen-bond acceptors (Lipinski definition) is 7. The second-order valence-corrected chi connectivity index (χ2v) is 8.69. The molecule has 0 unspecified atom stereocenters. The first-order valence-corrected chi connectivity index (χ1v) is 10.7. The summed E-state index contributed by atoms with van der Waals surface area (Å²) in [5.74, 6) is 1.85. The number of hydrogen-bond donors (Lipinski definition) is 3. The Labute approximate surface area is 181 Å². The van der Waals surface area contributed by atoms with Gasteiger partial charge in [0.1, 0.15) is 11.6 Å². The van der Waals surface area contributed by atoms with Gasteiger partial charge in [-0.2, -0.15) is 9.61 Å². The third-order valence-corrected chi connectivity index (χ3v) is 5.92. The van der Waals surface area contributed by atoms with E-state index >= 15 is 0 Å². The van der Waals surface area contributed by atoms with Gasteiger partial charge in [-0.05, 0) is 48.2 Å². The Morgan fingerprint density at radius 2 is 1.93 bits per heavy atom. The zero-order chi connectivity index (χ0) is 21.1. The summed E-state index contributed by atoms with van der Waals surface area (Å²) >= 11 is 6.03. The molecule has 0 bridgehead atoms. The van der Waals surface area contributed by atoms with E-state index in [4.69, 9.17) is 16.8 Å². The zero-order valence-electron chi connectivity index (χ0n) is 17.3. The molecule has 1 saturated heterocycles. The van der Waals surface area contributed by atoms with Crippen LogP contribution in [0.2, 0.25) is 0 Å². The van der Waals surface area contributed by atoms with Gasteiger partial charge in [0.15, 0.2) is 5.65 Å². The van der Waals surface area contributed by atoms with Crippen LogP contribution < -0.4 is 10.6 Å². The lowest BCUT2D eigenvalue weighted by Gasteiger charge is -2.35. The molecule has 0 spiro atoms. The summed E-state index contributed by atoms with van der Waals surface area (Å²) < 4.78 is 3.56. The van der Waals surface area contributed by atoms with Gasteiger partial charge in [-0.1, -0.05) is 13.8 Å². The molecule has 3 aromatic rings. The molecule has 0 saturated carbocycles. The standard InChI is InChI=1S/C21H28ClN7O/c1-15(2)17-13-26-29-19(24-12-16-3-7-23-8-4-16)11-18(27-20(17)29)25-14-21(30)5-9-28(22)10-6-21/h3-4,7-8,11,13,15,24,30H,5-6,9-10,12,14H2,1-2H3,(H,25,27). The predicted octanol–water partition coefficient (Wildman–Crippen LogP) is 3.25. The maximum atomic E-state index is 10.9. The highest BCUT2D eigenvalue weighted by Crippen LogP contribution is 2.27. The van der Waals surface area contributed by atoms with Crippen molar-refractivity contribution in [3.63, 3.8) is 0 Å². The maximum absolute atomic E-state index is 10.9. The number of aliphatic hydroxyl groups is 1. The van der Waals surface area contributed by atoms with Gasteiger partial charge in [-0.25, -0.2) is 9.40 Å². The summed E-state index contributed by atoms with van der Waals surface area (Å²) in [6.07, 6.45) is 6.69. The van der Waals surface area contributed by atoms with Crippen LogP contribution in [0.4, 0.5) is 11.6 Å². The molecule has 0 aliphatic carbocycles. The number of halogens is 1. The van der Waals surface area contributed by atoms with Crippen LogP contribution in [0, 0.1) is 0 Å². The minimum atomic E-state index is -0.787. The average Bonchev–Trinajstić information content (AvgIpc) is 3.18. The van der Waals surface area contributed by atoms with Gasteiger partial charge in [0.05, 0.1) is 11.8 Å². The van der Waals surface area contributed by atoms with Crippen molar-refractivity contribution in [1.29, 1.82) is 0 Å². The van der Waals surface area contributed by atoms with Gasteiger partial charge >= 0.3 is 0 Å².